The van der Waals surface area contributed by atoms with Crippen LogP contribution in [-0.2, 0) is 16.0 Å². The van der Waals surface area contributed by atoms with Crippen LogP contribution in [0.2, 0.25) is 0 Å². The summed E-state index contributed by atoms with van der Waals surface area (Å²) in [4.78, 5) is 28.9. The van der Waals surface area contributed by atoms with E-state index < -0.39 is 11.8 Å². The van der Waals surface area contributed by atoms with Crippen molar-refractivity contribution in [1.29, 1.82) is 0 Å². The van der Waals surface area contributed by atoms with Crippen molar-refractivity contribution in [1.82, 2.24) is 10.2 Å². The lowest BCUT2D eigenvalue weighted by molar-refractivity contribution is -0.136. The normalized spacial score (nSPS) is 13.7. The molecule has 0 aromatic heterocycles. The molecule has 2 amide bonds. The molecule has 2 N–H and O–H groups in total. The van der Waals surface area contributed by atoms with E-state index in [4.69, 9.17) is 4.74 Å². The van der Waals surface area contributed by atoms with Crippen molar-refractivity contribution < 1.29 is 14.3 Å². The van der Waals surface area contributed by atoms with Crippen LogP contribution in [0.1, 0.15) is 24.1 Å². The Labute approximate surface area is 178 Å². The second kappa shape index (κ2) is 9.63. The van der Waals surface area contributed by atoms with Gasteiger partial charge in [-0.05, 0) is 68.9 Å². The number of likely N-dealkylation sites (N-methyl/N-ethyl adjacent to an activating group) is 2. The minimum Gasteiger partial charge on any atom is -0.494 e. The zero-order valence-corrected chi connectivity index (χ0v) is 18.1. The van der Waals surface area contributed by atoms with Crippen molar-refractivity contribution in [2.75, 3.05) is 51.1 Å². The maximum atomic E-state index is 12.3. The van der Waals surface area contributed by atoms with Crippen molar-refractivity contribution in [3.63, 3.8) is 0 Å². The molecule has 0 fully saturated rings. The largest absolute Gasteiger partial charge is 0.494 e. The topological polar surface area (TPSA) is 73.9 Å². The van der Waals surface area contributed by atoms with Gasteiger partial charge in [0.15, 0.2) is 0 Å². The molecule has 0 unspecified atom stereocenters. The van der Waals surface area contributed by atoms with Crippen LogP contribution >= 0.6 is 0 Å². The summed E-state index contributed by atoms with van der Waals surface area (Å²) in [5.74, 6) is -0.627. The van der Waals surface area contributed by atoms with Gasteiger partial charge in [0.25, 0.3) is 0 Å². The summed E-state index contributed by atoms with van der Waals surface area (Å²) in [5.41, 5.74) is 4.25. The van der Waals surface area contributed by atoms with E-state index in [9.17, 15) is 9.59 Å². The zero-order valence-electron chi connectivity index (χ0n) is 18.1. The summed E-state index contributed by atoms with van der Waals surface area (Å²) in [6, 6.07) is 13.3. The third-order valence-corrected chi connectivity index (χ3v) is 5.32. The lowest BCUT2D eigenvalue weighted by Crippen LogP contribution is -2.40. The predicted octanol–water partition coefficient (Wildman–Crippen LogP) is 2.44. The third kappa shape index (κ3) is 5.10. The first-order valence-electron chi connectivity index (χ1n) is 10.2. The number of anilines is 2. The summed E-state index contributed by atoms with van der Waals surface area (Å²) in [7, 11) is 6.03. The van der Waals surface area contributed by atoms with Gasteiger partial charge in [0.1, 0.15) is 5.75 Å². The Bertz CT molecular complexity index is 896. The SMILES string of the molecule is CCOc1ccc(NC(=O)C(=O)NC[C@H](c2ccc3c(c2)CCN3C)N(C)C)cc1. The number of rotatable bonds is 7. The Balaban J connectivity index is 1.59. The highest BCUT2D eigenvalue weighted by molar-refractivity contribution is 6.39. The minimum atomic E-state index is -0.688. The van der Waals surface area contributed by atoms with E-state index in [2.05, 4.69) is 40.8 Å². The number of fused-ring (bicyclic) bond motifs is 1. The molecule has 0 spiro atoms. The maximum Gasteiger partial charge on any atom is 0.313 e. The standard InChI is InChI=1S/C23H30N4O3/c1-5-30-19-9-7-18(8-10-19)25-23(29)22(28)24-15-21(26(2)3)16-6-11-20-17(14-16)12-13-27(20)4/h6-11,14,21H,5,12-13,15H2,1-4H3,(H,24,28)(H,25,29)/t21-/m1/s1. The number of ether oxygens (including phenoxy) is 1. The van der Waals surface area contributed by atoms with Crippen molar-refractivity contribution in [3.8, 4) is 5.75 Å². The summed E-state index contributed by atoms with van der Waals surface area (Å²) in [5, 5.41) is 5.38. The van der Waals surface area contributed by atoms with Gasteiger partial charge in [-0.1, -0.05) is 12.1 Å². The summed E-state index contributed by atoms with van der Waals surface area (Å²) >= 11 is 0. The van der Waals surface area contributed by atoms with Gasteiger partial charge in [-0.15, -0.1) is 0 Å². The molecule has 0 aliphatic carbocycles. The lowest BCUT2D eigenvalue weighted by Gasteiger charge is -2.26. The summed E-state index contributed by atoms with van der Waals surface area (Å²) < 4.78 is 5.38. The van der Waals surface area contributed by atoms with E-state index in [-0.39, 0.29) is 6.04 Å². The van der Waals surface area contributed by atoms with Crippen LogP contribution in [0.4, 0.5) is 11.4 Å². The quantitative estimate of drug-likeness (QED) is 0.686. The van der Waals surface area contributed by atoms with Crippen molar-refractivity contribution >= 4 is 23.2 Å². The number of amides is 2. The molecule has 3 rings (SSSR count). The van der Waals surface area contributed by atoms with Crippen LogP contribution in [-0.4, -0.2) is 57.6 Å². The van der Waals surface area contributed by atoms with Gasteiger partial charge in [0.05, 0.1) is 12.6 Å². The Hall–Kier alpha value is -3.06. The number of hydrogen-bond donors (Lipinski definition) is 2. The van der Waals surface area contributed by atoms with Gasteiger partial charge >= 0.3 is 11.8 Å². The first-order valence-corrected chi connectivity index (χ1v) is 10.2. The molecule has 160 valence electrons. The smallest absolute Gasteiger partial charge is 0.313 e. The molecule has 1 aliphatic heterocycles. The van der Waals surface area contributed by atoms with Gasteiger partial charge in [-0.25, -0.2) is 0 Å². The molecular formula is C23H30N4O3. The fraction of sp³-hybridized carbons (Fsp3) is 0.391. The number of hydrogen-bond acceptors (Lipinski definition) is 5. The molecule has 30 heavy (non-hydrogen) atoms. The minimum absolute atomic E-state index is 0.0246. The molecule has 2 aromatic rings. The third-order valence-electron chi connectivity index (χ3n) is 5.32. The first kappa shape index (κ1) is 21.6. The van der Waals surface area contributed by atoms with E-state index >= 15 is 0 Å². The molecule has 1 atom stereocenters. The van der Waals surface area contributed by atoms with Gasteiger partial charge in [-0.3, -0.25) is 9.59 Å². The second-order valence-corrected chi connectivity index (χ2v) is 7.66. The van der Waals surface area contributed by atoms with Crippen LogP contribution in [0.25, 0.3) is 0 Å². The van der Waals surface area contributed by atoms with Crippen LogP contribution in [0.15, 0.2) is 42.5 Å². The van der Waals surface area contributed by atoms with Gasteiger partial charge in [0, 0.05) is 31.5 Å². The fourth-order valence-corrected chi connectivity index (χ4v) is 3.65. The number of nitrogens with zero attached hydrogens (tertiary/aromatic N) is 2. The molecule has 7 nitrogen and oxygen atoms in total. The second-order valence-electron chi connectivity index (χ2n) is 7.66. The van der Waals surface area contributed by atoms with E-state index in [1.54, 1.807) is 24.3 Å². The zero-order chi connectivity index (χ0) is 21.7. The Morgan fingerprint density at radius 3 is 2.53 bits per heavy atom. The monoisotopic (exact) mass is 410 g/mol. The van der Waals surface area contributed by atoms with Gasteiger partial charge < -0.3 is 25.2 Å². The average Bonchev–Trinajstić information content (AvgIpc) is 3.09. The number of carbonyl (C=O) groups excluding carboxylic acids is 2. The van der Waals surface area contributed by atoms with Crippen LogP contribution in [0.3, 0.4) is 0 Å². The molecular weight excluding hydrogens is 380 g/mol. The Morgan fingerprint density at radius 1 is 1.13 bits per heavy atom. The number of carbonyl (C=O) groups is 2. The van der Waals surface area contributed by atoms with Crippen LogP contribution in [0.5, 0.6) is 5.75 Å². The van der Waals surface area contributed by atoms with Gasteiger partial charge in [0.2, 0.25) is 0 Å². The first-order chi connectivity index (χ1) is 14.4. The van der Waals surface area contributed by atoms with Crippen molar-refractivity contribution in [3.05, 3.63) is 53.6 Å². The molecule has 0 radical (unpaired) electrons. The molecule has 7 heteroatoms. The maximum absolute atomic E-state index is 12.3. The Kier molecular flexibility index (Phi) is 6.95. The number of benzene rings is 2. The Morgan fingerprint density at radius 2 is 1.87 bits per heavy atom. The molecule has 1 heterocycles. The van der Waals surface area contributed by atoms with Gasteiger partial charge in [-0.2, -0.15) is 0 Å². The van der Waals surface area contributed by atoms with Crippen LogP contribution < -0.4 is 20.3 Å². The molecule has 1 aliphatic rings. The molecule has 0 bridgehead atoms. The number of nitrogens with one attached hydrogen (secondary N) is 2. The average molecular weight is 411 g/mol. The van der Waals surface area contributed by atoms with Crippen molar-refractivity contribution in [2.24, 2.45) is 0 Å². The predicted molar refractivity (Wildman–Crippen MR) is 119 cm³/mol. The molecule has 0 saturated heterocycles. The van der Waals surface area contributed by atoms with E-state index in [0.717, 1.165) is 18.5 Å². The van der Waals surface area contributed by atoms with E-state index in [1.165, 1.54) is 11.3 Å². The van der Waals surface area contributed by atoms with Crippen molar-refractivity contribution in [2.45, 2.75) is 19.4 Å². The fourth-order valence-electron chi connectivity index (χ4n) is 3.65. The van der Waals surface area contributed by atoms with Crippen LogP contribution in [0, 0.1) is 0 Å². The highest BCUT2D eigenvalue weighted by atomic mass is 16.5. The highest BCUT2D eigenvalue weighted by Gasteiger charge is 2.22. The highest BCUT2D eigenvalue weighted by Crippen LogP contribution is 2.30. The van der Waals surface area contributed by atoms with E-state index in [1.807, 2.05) is 25.9 Å². The lowest BCUT2D eigenvalue weighted by atomic mass is 10.0. The molecule has 0 saturated carbocycles. The summed E-state index contributed by atoms with van der Waals surface area (Å²) in [6.07, 6.45) is 1.02. The molecule has 2 aromatic carbocycles. The van der Waals surface area contributed by atoms with E-state index in [0.29, 0.717) is 24.6 Å². The summed E-state index contributed by atoms with van der Waals surface area (Å²) in [6.45, 7) is 3.84.